The summed E-state index contributed by atoms with van der Waals surface area (Å²) in [6, 6.07) is 9.42. The van der Waals surface area contributed by atoms with Gasteiger partial charge in [-0.1, -0.05) is 18.2 Å². The molecule has 0 spiro atoms. The first kappa shape index (κ1) is 15.9. The summed E-state index contributed by atoms with van der Waals surface area (Å²) in [5, 5.41) is 9.47. The first-order valence-electron chi connectivity index (χ1n) is 8.59. The maximum Gasteiger partial charge on any atom is 0.308 e. The van der Waals surface area contributed by atoms with Crippen molar-refractivity contribution in [1.29, 1.82) is 0 Å². The molecule has 1 aliphatic heterocycles. The van der Waals surface area contributed by atoms with Gasteiger partial charge in [0.05, 0.1) is 5.92 Å². The van der Waals surface area contributed by atoms with Crippen LogP contribution in [0.2, 0.25) is 0 Å². The fourth-order valence-electron chi connectivity index (χ4n) is 3.71. The summed E-state index contributed by atoms with van der Waals surface area (Å²) in [6.45, 7) is 2.46. The van der Waals surface area contributed by atoms with Gasteiger partial charge < -0.3 is 14.4 Å². The van der Waals surface area contributed by atoms with Crippen LogP contribution >= 0.6 is 0 Å². The van der Waals surface area contributed by atoms with Crippen LogP contribution in [-0.4, -0.2) is 40.0 Å². The molecular weight excluding hydrogens is 320 g/mol. The van der Waals surface area contributed by atoms with Gasteiger partial charge in [0, 0.05) is 18.7 Å². The van der Waals surface area contributed by atoms with Crippen LogP contribution < -0.4 is 0 Å². The van der Waals surface area contributed by atoms with Gasteiger partial charge in [0.1, 0.15) is 5.76 Å². The Labute approximate surface area is 145 Å². The lowest BCUT2D eigenvalue weighted by atomic mass is 9.92. The molecule has 1 amide bonds. The number of carboxylic acids is 1. The van der Waals surface area contributed by atoms with E-state index in [1.165, 1.54) is 0 Å². The van der Waals surface area contributed by atoms with Crippen LogP contribution in [0.4, 0.5) is 0 Å². The Hall–Kier alpha value is -2.63. The van der Waals surface area contributed by atoms with Crippen molar-refractivity contribution in [3.05, 3.63) is 41.8 Å². The molecular formula is C19H20N2O4. The van der Waals surface area contributed by atoms with Crippen molar-refractivity contribution in [1.82, 2.24) is 9.88 Å². The van der Waals surface area contributed by atoms with Gasteiger partial charge in [-0.2, -0.15) is 0 Å². The zero-order valence-electron chi connectivity index (χ0n) is 14.0. The van der Waals surface area contributed by atoms with E-state index in [1.54, 1.807) is 11.8 Å². The third-order valence-corrected chi connectivity index (χ3v) is 5.22. The van der Waals surface area contributed by atoms with Crippen molar-refractivity contribution in [2.24, 2.45) is 17.8 Å². The second-order valence-electron chi connectivity index (χ2n) is 6.95. The van der Waals surface area contributed by atoms with Crippen LogP contribution in [0.3, 0.4) is 0 Å². The number of hydrogen-bond donors (Lipinski definition) is 1. The summed E-state index contributed by atoms with van der Waals surface area (Å²) in [5.74, 6) is -0.150. The number of hydrogen-bond acceptors (Lipinski definition) is 4. The van der Waals surface area contributed by atoms with Gasteiger partial charge in [-0.3, -0.25) is 9.59 Å². The molecule has 6 heteroatoms. The fraction of sp³-hybridized carbons (Fsp3) is 0.421. The number of carboxylic acid groups (broad SMARTS) is 1. The number of oxazole rings is 1. The number of likely N-dealkylation sites (tertiary alicyclic amines) is 1. The SMILES string of the molecule is Cc1oc(-c2ccccc2)nc1C(=O)N1C[C@H](C(=O)O)[C@@H](C2CC2)C1. The predicted molar refractivity (Wildman–Crippen MR) is 89.9 cm³/mol. The molecule has 2 heterocycles. The van der Waals surface area contributed by atoms with E-state index in [9.17, 15) is 14.7 Å². The van der Waals surface area contributed by atoms with Gasteiger partial charge in [-0.05, 0) is 43.7 Å². The highest BCUT2D eigenvalue weighted by Gasteiger charge is 2.47. The number of nitrogens with zero attached hydrogens (tertiary/aromatic N) is 2. The maximum atomic E-state index is 12.9. The van der Waals surface area contributed by atoms with E-state index >= 15 is 0 Å². The highest BCUT2D eigenvalue weighted by Crippen LogP contribution is 2.44. The third kappa shape index (κ3) is 2.92. The topological polar surface area (TPSA) is 83.6 Å². The van der Waals surface area contributed by atoms with Crippen LogP contribution in [-0.2, 0) is 4.79 Å². The molecule has 0 unspecified atom stereocenters. The van der Waals surface area contributed by atoms with E-state index in [2.05, 4.69) is 4.98 Å². The van der Waals surface area contributed by atoms with Crippen molar-refractivity contribution in [2.45, 2.75) is 19.8 Å². The Morgan fingerprint density at radius 1 is 1.20 bits per heavy atom. The molecule has 0 radical (unpaired) electrons. The highest BCUT2D eigenvalue weighted by atomic mass is 16.4. The molecule has 6 nitrogen and oxygen atoms in total. The van der Waals surface area contributed by atoms with Gasteiger partial charge in [-0.15, -0.1) is 0 Å². The lowest BCUT2D eigenvalue weighted by Gasteiger charge is -2.14. The van der Waals surface area contributed by atoms with Gasteiger partial charge in [-0.25, -0.2) is 4.98 Å². The van der Waals surface area contributed by atoms with Gasteiger partial charge in [0.15, 0.2) is 5.69 Å². The average molecular weight is 340 g/mol. The average Bonchev–Trinajstić information content (AvgIpc) is 3.23. The van der Waals surface area contributed by atoms with E-state index < -0.39 is 11.9 Å². The molecule has 2 aromatic rings. The third-order valence-electron chi connectivity index (χ3n) is 5.22. The van der Waals surface area contributed by atoms with Crippen LogP contribution in [0.1, 0.15) is 29.1 Å². The molecule has 0 bridgehead atoms. The molecule has 2 aliphatic rings. The lowest BCUT2D eigenvalue weighted by Crippen LogP contribution is -2.30. The molecule has 1 N–H and O–H groups in total. The number of aliphatic carboxylic acids is 1. The highest BCUT2D eigenvalue weighted by molar-refractivity contribution is 5.94. The van der Waals surface area contributed by atoms with Crippen LogP contribution in [0, 0.1) is 24.7 Å². The van der Waals surface area contributed by atoms with E-state index in [4.69, 9.17) is 4.42 Å². The molecule has 2 atom stereocenters. The summed E-state index contributed by atoms with van der Waals surface area (Å²) in [5.41, 5.74) is 1.09. The van der Waals surface area contributed by atoms with Crippen molar-refractivity contribution in [2.75, 3.05) is 13.1 Å². The van der Waals surface area contributed by atoms with Crippen LogP contribution in [0.5, 0.6) is 0 Å². The van der Waals surface area contributed by atoms with E-state index in [0.717, 1.165) is 18.4 Å². The Balaban J connectivity index is 1.57. The monoisotopic (exact) mass is 340 g/mol. The largest absolute Gasteiger partial charge is 0.481 e. The van der Waals surface area contributed by atoms with E-state index in [1.807, 2.05) is 30.3 Å². The zero-order valence-corrected chi connectivity index (χ0v) is 14.0. The molecule has 4 rings (SSSR count). The summed E-state index contributed by atoms with van der Waals surface area (Å²) in [4.78, 5) is 30.4. The standard InChI is InChI=1S/C19H20N2O4/c1-11-16(20-17(25-11)13-5-3-2-4-6-13)18(22)21-9-14(12-7-8-12)15(10-21)19(23)24/h2-6,12,14-15H,7-10H2,1H3,(H,23,24)/t14-,15+/m1/s1. The van der Waals surface area contributed by atoms with Crippen molar-refractivity contribution < 1.29 is 19.1 Å². The summed E-state index contributed by atoms with van der Waals surface area (Å²) >= 11 is 0. The predicted octanol–water partition coefficient (Wildman–Crippen LogP) is 2.83. The smallest absolute Gasteiger partial charge is 0.308 e. The molecule has 1 saturated heterocycles. The lowest BCUT2D eigenvalue weighted by molar-refractivity contribution is -0.142. The second-order valence-corrected chi connectivity index (χ2v) is 6.95. The fourth-order valence-corrected chi connectivity index (χ4v) is 3.71. The number of carbonyl (C=O) groups is 2. The first-order chi connectivity index (χ1) is 12.0. The number of benzene rings is 1. The Morgan fingerprint density at radius 2 is 1.92 bits per heavy atom. The molecule has 2 fully saturated rings. The van der Waals surface area contributed by atoms with Gasteiger partial charge >= 0.3 is 5.97 Å². The minimum atomic E-state index is -0.811. The second kappa shape index (κ2) is 6.02. The summed E-state index contributed by atoms with van der Waals surface area (Å²) < 4.78 is 5.67. The Kier molecular flexibility index (Phi) is 3.82. The molecule has 25 heavy (non-hydrogen) atoms. The maximum absolute atomic E-state index is 12.9. The molecule has 1 aliphatic carbocycles. The molecule has 1 aromatic heterocycles. The summed E-state index contributed by atoms with van der Waals surface area (Å²) in [7, 11) is 0. The van der Waals surface area contributed by atoms with Gasteiger partial charge in [0.25, 0.3) is 5.91 Å². The number of amides is 1. The number of aromatic nitrogens is 1. The number of carbonyl (C=O) groups excluding carboxylic acids is 1. The quantitative estimate of drug-likeness (QED) is 0.925. The first-order valence-corrected chi connectivity index (χ1v) is 8.59. The van der Waals surface area contributed by atoms with Crippen LogP contribution in [0.15, 0.2) is 34.7 Å². The van der Waals surface area contributed by atoms with Gasteiger partial charge in [0.2, 0.25) is 5.89 Å². The molecule has 1 saturated carbocycles. The Bertz CT molecular complexity index is 810. The number of rotatable bonds is 4. The zero-order chi connectivity index (χ0) is 17.6. The minimum absolute atomic E-state index is 0.0576. The van der Waals surface area contributed by atoms with Crippen molar-refractivity contribution >= 4 is 11.9 Å². The molecule has 1 aromatic carbocycles. The number of aryl methyl sites for hydroxylation is 1. The van der Waals surface area contributed by atoms with Crippen molar-refractivity contribution in [3.63, 3.8) is 0 Å². The van der Waals surface area contributed by atoms with E-state index in [-0.39, 0.29) is 24.1 Å². The molecule has 130 valence electrons. The minimum Gasteiger partial charge on any atom is -0.481 e. The van der Waals surface area contributed by atoms with Crippen molar-refractivity contribution in [3.8, 4) is 11.5 Å². The Morgan fingerprint density at radius 3 is 2.56 bits per heavy atom. The summed E-state index contributed by atoms with van der Waals surface area (Å²) in [6.07, 6.45) is 2.13. The normalized spacial score (nSPS) is 23.0. The van der Waals surface area contributed by atoms with Crippen LogP contribution in [0.25, 0.3) is 11.5 Å². The van der Waals surface area contributed by atoms with E-state index in [0.29, 0.717) is 24.1 Å².